The standard InChI is InChI=1S/C46H30N2O/c1-3-12-31(13-4-1)33-15-11-18-35(28-33)47(37-23-26-40-39-20-9-10-21-44(39)49-45(40)30-37)36-24-27-43-42(29-36)41-25-22-32-14-7-8-19-38(32)46(41)48(43)34-16-5-2-6-17-34/h1-30H. The monoisotopic (exact) mass is 626 g/mol. The van der Waals surface area contributed by atoms with Gasteiger partial charge in [-0.1, -0.05) is 115 Å². The third kappa shape index (κ3) is 4.44. The second-order valence-corrected chi connectivity index (χ2v) is 12.6. The van der Waals surface area contributed by atoms with Crippen molar-refractivity contribution >= 4 is 71.6 Å². The van der Waals surface area contributed by atoms with E-state index in [2.05, 4.69) is 179 Å². The van der Waals surface area contributed by atoms with Gasteiger partial charge in [-0.2, -0.15) is 0 Å². The van der Waals surface area contributed by atoms with E-state index in [0.717, 1.165) is 44.7 Å². The van der Waals surface area contributed by atoms with Crippen molar-refractivity contribution in [2.24, 2.45) is 0 Å². The molecule has 0 spiro atoms. The molecule has 2 heterocycles. The van der Waals surface area contributed by atoms with Crippen LogP contribution in [-0.4, -0.2) is 4.57 Å². The van der Waals surface area contributed by atoms with Gasteiger partial charge in [0.2, 0.25) is 0 Å². The molecular formula is C46H30N2O. The molecule has 0 bridgehead atoms. The number of benzene rings is 8. The lowest BCUT2D eigenvalue weighted by atomic mass is 10.0. The van der Waals surface area contributed by atoms with Crippen molar-refractivity contribution in [1.29, 1.82) is 0 Å². The van der Waals surface area contributed by atoms with Crippen molar-refractivity contribution in [3.8, 4) is 16.8 Å². The fourth-order valence-corrected chi connectivity index (χ4v) is 7.51. The molecule has 10 rings (SSSR count). The number of hydrogen-bond acceptors (Lipinski definition) is 2. The first-order chi connectivity index (χ1) is 24.3. The molecular weight excluding hydrogens is 597 g/mol. The lowest BCUT2D eigenvalue weighted by Gasteiger charge is -2.26. The predicted octanol–water partition coefficient (Wildman–Crippen LogP) is 13.0. The molecule has 0 fully saturated rings. The lowest BCUT2D eigenvalue weighted by molar-refractivity contribution is 0.669. The molecule has 0 atom stereocenters. The minimum absolute atomic E-state index is 0.871. The smallest absolute Gasteiger partial charge is 0.137 e. The van der Waals surface area contributed by atoms with Gasteiger partial charge in [-0.15, -0.1) is 0 Å². The molecule has 3 heteroatoms. The lowest BCUT2D eigenvalue weighted by Crippen LogP contribution is -2.10. The third-order valence-electron chi connectivity index (χ3n) is 9.74. The van der Waals surface area contributed by atoms with Gasteiger partial charge in [-0.25, -0.2) is 0 Å². The van der Waals surface area contributed by atoms with Gasteiger partial charge in [-0.3, -0.25) is 0 Å². The van der Waals surface area contributed by atoms with Crippen molar-refractivity contribution in [1.82, 2.24) is 4.57 Å². The summed E-state index contributed by atoms with van der Waals surface area (Å²) in [7, 11) is 0. The first-order valence-corrected chi connectivity index (χ1v) is 16.7. The minimum atomic E-state index is 0.871. The van der Waals surface area contributed by atoms with Crippen molar-refractivity contribution in [2.45, 2.75) is 0 Å². The molecule has 3 nitrogen and oxygen atoms in total. The highest BCUT2D eigenvalue weighted by Crippen LogP contribution is 2.43. The van der Waals surface area contributed by atoms with Crippen molar-refractivity contribution < 1.29 is 4.42 Å². The summed E-state index contributed by atoms with van der Waals surface area (Å²) in [4.78, 5) is 2.35. The Kier molecular flexibility index (Phi) is 6.18. The molecule has 2 aromatic heterocycles. The topological polar surface area (TPSA) is 21.3 Å². The maximum Gasteiger partial charge on any atom is 0.137 e. The summed E-state index contributed by atoms with van der Waals surface area (Å²) in [5, 5.41) is 7.15. The number of fused-ring (bicyclic) bond motifs is 8. The van der Waals surface area contributed by atoms with E-state index in [4.69, 9.17) is 4.42 Å². The van der Waals surface area contributed by atoms with Gasteiger partial charge in [0.05, 0.1) is 11.0 Å². The molecule has 0 N–H and O–H groups in total. The minimum Gasteiger partial charge on any atom is -0.456 e. The van der Waals surface area contributed by atoms with Gasteiger partial charge in [0, 0.05) is 55.7 Å². The van der Waals surface area contributed by atoms with Crippen LogP contribution in [0, 0.1) is 0 Å². The molecule has 0 unspecified atom stereocenters. The van der Waals surface area contributed by atoms with E-state index in [9.17, 15) is 0 Å². The summed E-state index contributed by atoms with van der Waals surface area (Å²) in [6, 6.07) is 65.0. The van der Waals surface area contributed by atoms with Gasteiger partial charge in [0.15, 0.2) is 0 Å². The summed E-state index contributed by atoms with van der Waals surface area (Å²) in [6.45, 7) is 0. The zero-order valence-corrected chi connectivity index (χ0v) is 26.6. The van der Waals surface area contributed by atoms with Crippen molar-refractivity contribution in [3.63, 3.8) is 0 Å². The van der Waals surface area contributed by atoms with Gasteiger partial charge >= 0.3 is 0 Å². The van der Waals surface area contributed by atoms with Crippen LogP contribution in [0.4, 0.5) is 17.1 Å². The molecule has 0 saturated carbocycles. The number of aromatic nitrogens is 1. The van der Waals surface area contributed by atoms with Crippen LogP contribution >= 0.6 is 0 Å². The molecule has 49 heavy (non-hydrogen) atoms. The van der Waals surface area contributed by atoms with Crippen LogP contribution in [0.2, 0.25) is 0 Å². The molecule has 0 amide bonds. The number of anilines is 3. The Morgan fingerprint density at radius 3 is 1.92 bits per heavy atom. The number of nitrogens with zero attached hydrogens (tertiary/aromatic N) is 2. The third-order valence-corrected chi connectivity index (χ3v) is 9.74. The van der Waals surface area contributed by atoms with Gasteiger partial charge in [0.1, 0.15) is 11.2 Å². The fraction of sp³-hybridized carbons (Fsp3) is 0. The summed E-state index contributed by atoms with van der Waals surface area (Å²) < 4.78 is 8.81. The Bertz CT molecular complexity index is 2830. The average molecular weight is 627 g/mol. The Labute approximate surface area is 283 Å². The van der Waals surface area contributed by atoms with E-state index in [1.807, 2.05) is 12.1 Å². The highest BCUT2D eigenvalue weighted by atomic mass is 16.3. The number of para-hydroxylation sites is 2. The fourth-order valence-electron chi connectivity index (χ4n) is 7.51. The average Bonchev–Trinajstić information content (AvgIpc) is 3.71. The maximum atomic E-state index is 6.40. The summed E-state index contributed by atoms with van der Waals surface area (Å²) >= 11 is 0. The molecule has 230 valence electrons. The Morgan fingerprint density at radius 1 is 0.388 bits per heavy atom. The van der Waals surface area contributed by atoms with Crippen molar-refractivity contribution in [2.75, 3.05) is 4.90 Å². The second kappa shape index (κ2) is 11.0. The molecule has 8 aromatic carbocycles. The van der Waals surface area contributed by atoms with E-state index in [0.29, 0.717) is 0 Å². The second-order valence-electron chi connectivity index (χ2n) is 12.6. The van der Waals surface area contributed by atoms with Crippen LogP contribution < -0.4 is 4.90 Å². The maximum absolute atomic E-state index is 6.40. The Hall–Kier alpha value is -6.58. The van der Waals surface area contributed by atoms with E-state index in [-0.39, 0.29) is 0 Å². The predicted molar refractivity (Wildman–Crippen MR) is 206 cm³/mol. The normalized spacial score (nSPS) is 11.7. The largest absolute Gasteiger partial charge is 0.456 e. The van der Waals surface area contributed by atoms with Crippen molar-refractivity contribution in [3.05, 3.63) is 182 Å². The first-order valence-electron chi connectivity index (χ1n) is 16.7. The Balaban J connectivity index is 1.24. The van der Waals surface area contributed by atoms with Crippen LogP contribution in [0.1, 0.15) is 0 Å². The van der Waals surface area contributed by atoms with Gasteiger partial charge in [0.25, 0.3) is 0 Å². The van der Waals surface area contributed by atoms with Crippen LogP contribution in [0.25, 0.3) is 71.3 Å². The van der Waals surface area contributed by atoms with Gasteiger partial charge in [-0.05, 0) is 77.2 Å². The van der Waals surface area contributed by atoms with E-state index < -0.39 is 0 Å². The zero-order valence-electron chi connectivity index (χ0n) is 26.6. The van der Waals surface area contributed by atoms with Crippen LogP contribution in [-0.2, 0) is 0 Å². The van der Waals surface area contributed by atoms with E-state index in [1.165, 1.54) is 43.7 Å². The summed E-state index contributed by atoms with van der Waals surface area (Å²) in [5.41, 5.74) is 10.9. The van der Waals surface area contributed by atoms with E-state index >= 15 is 0 Å². The number of rotatable bonds is 5. The molecule has 0 aliphatic carbocycles. The molecule has 0 aliphatic rings. The molecule has 0 aliphatic heterocycles. The number of hydrogen-bond donors (Lipinski definition) is 0. The summed E-state index contributed by atoms with van der Waals surface area (Å²) in [6.07, 6.45) is 0. The SMILES string of the molecule is c1ccc(-c2cccc(N(c3ccc4c(c3)oc3ccccc34)c3ccc4c(c3)c3ccc5ccccc5c3n4-c3ccccc3)c2)cc1. The van der Waals surface area contributed by atoms with Gasteiger partial charge < -0.3 is 13.9 Å². The highest BCUT2D eigenvalue weighted by Gasteiger charge is 2.20. The molecule has 0 radical (unpaired) electrons. The molecule has 0 saturated heterocycles. The zero-order chi connectivity index (χ0) is 32.3. The summed E-state index contributed by atoms with van der Waals surface area (Å²) in [5.74, 6) is 0. The Morgan fingerprint density at radius 2 is 1.04 bits per heavy atom. The van der Waals surface area contributed by atoms with Crippen LogP contribution in [0.5, 0.6) is 0 Å². The van der Waals surface area contributed by atoms with E-state index in [1.54, 1.807) is 0 Å². The quantitative estimate of drug-likeness (QED) is 0.190. The molecule has 10 aromatic rings. The van der Waals surface area contributed by atoms with Crippen LogP contribution in [0.15, 0.2) is 186 Å². The van der Waals surface area contributed by atoms with Crippen LogP contribution in [0.3, 0.4) is 0 Å². The first kappa shape index (κ1) is 27.5. The highest BCUT2D eigenvalue weighted by molar-refractivity contribution is 6.19. The number of furan rings is 1.